The van der Waals surface area contributed by atoms with E-state index in [0.29, 0.717) is 31.4 Å². The van der Waals surface area contributed by atoms with Gasteiger partial charge in [-0.3, -0.25) is 4.79 Å². The lowest BCUT2D eigenvalue weighted by Crippen LogP contribution is -2.28. The Bertz CT molecular complexity index is 670. The van der Waals surface area contributed by atoms with Crippen LogP contribution in [-0.4, -0.2) is 15.5 Å². The smallest absolute Gasteiger partial charge is 0.220 e. The first kappa shape index (κ1) is 17.1. The number of imidazole rings is 1. The normalized spacial score (nSPS) is 12.2. The van der Waals surface area contributed by atoms with Crippen molar-refractivity contribution < 1.29 is 13.6 Å². The highest BCUT2D eigenvalue weighted by molar-refractivity contribution is 5.76. The fourth-order valence-electron chi connectivity index (χ4n) is 2.50. The second-order valence-corrected chi connectivity index (χ2v) is 5.47. The fraction of sp³-hybridized carbons (Fsp3) is 0.412. The minimum atomic E-state index is -0.633. The van der Waals surface area contributed by atoms with E-state index >= 15 is 0 Å². The van der Waals surface area contributed by atoms with Crippen molar-refractivity contribution in [3.05, 3.63) is 53.6 Å². The van der Waals surface area contributed by atoms with E-state index in [2.05, 4.69) is 10.3 Å². The van der Waals surface area contributed by atoms with E-state index in [-0.39, 0.29) is 5.91 Å². The molecule has 0 aliphatic heterocycles. The molecule has 0 saturated heterocycles. The second-order valence-electron chi connectivity index (χ2n) is 5.47. The second kappa shape index (κ2) is 7.85. The molecule has 23 heavy (non-hydrogen) atoms. The molecular formula is C17H21F2N3O. The number of nitrogens with one attached hydrogen (secondary N) is 1. The number of hydrogen-bond acceptors (Lipinski definition) is 2. The highest BCUT2D eigenvalue weighted by atomic mass is 19.1. The number of halogens is 2. The Kier molecular flexibility index (Phi) is 5.84. The number of aryl methyl sites for hydroxylation is 2. The van der Waals surface area contributed by atoms with E-state index in [1.807, 2.05) is 24.6 Å². The molecule has 4 nitrogen and oxygen atoms in total. The lowest BCUT2D eigenvalue weighted by Gasteiger charge is -2.18. The third-order valence-electron chi connectivity index (χ3n) is 3.81. The molecular weight excluding hydrogens is 300 g/mol. The summed E-state index contributed by atoms with van der Waals surface area (Å²) >= 11 is 0. The standard InChI is InChI=1S/C17H21F2N3O/c1-3-16(14-7-6-13(18)11-15(14)19)21-17(23)5-4-9-22-10-8-20-12(22)2/h6-8,10-11,16H,3-5,9H2,1-2H3,(H,21,23)/t16-/m0/s1. The van der Waals surface area contributed by atoms with Gasteiger partial charge in [0.25, 0.3) is 0 Å². The Morgan fingerprint density at radius 1 is 1.39 bits per heavy atom. The van der Waals surface area contributed by atoms with Crippen molar-refractivity contribution in [2.75, 3.05) is 0 Å². The molecule has 1 amide bonds. The summed E-state index contributed by atoms with van der Waals surface area (Å²) in [5.41, 5.74) is 0.313. The van der Waals surface area contributed by atoms with E-state index in [9.17, 15) is 13.6 Å². The maximum atomic E-state index is 13.8. The molecule has 0 radical (unpaired) electrons. The third-order valence-corrected chi connectivity index (χ3v) is 3.81. The van der Waals surface area contributed by atoms with Crippen molar-refractivity contribution in [3.63, 3.8) is 0 Å². The first-order valence-corrected chi connectivity index (χ1v) is 7.73. The molecule has 1 aromatic heterocycles. The van der Waals surface area contributed by atoms with Gasteiger partial charge < -0.3 is 9.88 Å². The van der Waals surface area contributed by atoms with Crippen LogP contribution < -0.4 is 5.32 Å². The number of carbonyl (C=O) groups is 1. The number of nitrogens with zero attached hydrogens (tertiary/aromatic N) is 2. The Balaban J connectivity index is 1.88. The van der Waals surface area contributed by atoms with Gasteiger partial charge in [0, 0.05) is 37.0 Å². The summed E-state index contributed by atoms with van der Waals surface area (Å²) in [6.07, 6.45) is 5.15. The van der Waals surface area contributed by atoms with Crippen LogP contribution in [0.4, 0.5) is 8.78 Å². The SMILES string of the molecule is CC[C@H](NC(=O)CCCn1ccnc1C)c1ccc(F)cc1F. The van der Waals surface area contributed by atoms with Gasteiger partial charge in [-0.05, 0) is 25.8 Å². The summed E-state index contributed by atoms with van der Waals surface area (Å²) in [5.74, 6) is -0.488. The zero-order chi connectivity index (χ0) is 16.8. The van der Waals surface area contributed by atoms with Crippen LogP contribution in [0.5, 0.6) is 0 Å². The molecule has 0 saturated carbocycles. The van der Waals surface area contributed by atoms with Gasteiger partial charge in [0.05, 0.1) is 6.04 Å². The molecule has 0 spiro atoms. The Hall–Kier alpha value is -2.24. The number of hydrogen-bond donors (Lipinski definition) is 1. The van der Waals surface area contributed by atoms with Crippen molar-refractivity contribution in [2.45, 2.75) is 45.7 Å². The monoisotopic (exact) mass is 321 g/mol. The van der Waals surface area contributed by atoms with Gasteiger partial charge in [0.15, 0.2) is 0 Å². The van der Waals surface area contributed by atoms with Gasteiger partial charge in [-0.2, -0.15) is 0 Å². The van der Waals surface area contributed by atoms with Crippen LogP contribution in [0.2, 0.25) is 0 Å². The lowest BCUT2D eigenvalue weighted by molar-refractivity contribution is -0.122. The largest absolute Gasteiger partial charge is 0.349 e. The van der Waals surface area contributed by atoms with Crippen LogP contribution in [0.25, 0.3) is 0 Å². The predicted octanol–water partition coefficient (Wildman–Crippen LogP) is 3.52. The van der Waals surface area contributed by atoms with E-state index in [4.69, 9.17) is 0 Å². The van der Waals surface area contributed by atoms with Gasteiger partial charge >= 0.3 is 0 Å². The zero-order valence-corrected chi connectivity index (χ0v) is 13.4. The fourth-order valence-corrected chi connectivity index (χ4v) is 2.50. The van der Waals surface area contributed by atoms with Crippen LogP contribution in [0, 0.1) is 18.6 Å². The number of aromatic nitrogens is 2. The van der Waals surface area contributed by atoms with Crippen molar-refractivity contribution >= 4 is 5.91 Å². The van der Waals surface area contributed by atoms with Crippen LogP contribution >= 0.6 is 0 Å². The van der Waals surface area contributed by atoms with Crippen molar-refractivity contribution in [3.8, 4) is 0 Å². The molecule has 1 N–H and O–H groups in total. The molecule has 124 valence electrons. The summed E-state index contributed by atoms with van der Waals surface area (Å²) < 4.78 is 28.8. The Morgan fingerprint density at radius 2 is 2.17 bits per heavy atom. The van der Waals surface area contributed by atoms with Gasteiger partial charge in [-0.25, -0.2) is 13.8 Å². The first-order chi connectivity index (χ1) is 11.0. The number of carbonyl (C=O) groups excluding carboxylic acids is 1. The summed E-state index contributed by atoms with van der Waals surface area (Å²) in [6, 6.07) is 2.98. The average molecular weight is 321 g/mol. The molecule has 1 atom stereocenters. The number of benzene rings is 1. The molecule has 1 aromatic carbocycles. The summed E-state index contributed by atoms with van der Waals surface area (Å²) in [5, 5.41) is 2.81. The summed E-state index contributed by atoms with van der Waals surface area (Å²) in [4.78, 5) is 16.2. The van der Waals surface area contributed by atoms with E-state index in [1.54, 1.807) is 6.20 Å². The van der Waals surface area contributed by atoms with E-state index in [1.165, 1.54) is 12.1 Å². The van der Waals surface area contributed by atoms with Crippen LogP contribution in [0.15, 0.2) is 30.6 Å². The molecule has 6 heteroatoms. The quantitative estimate of drug-likeness (QED) is 0.848. The Labute approximate surface area is 134 Å². The van der Waals surface area contributed by atoms with Gasteiger partial charge in [0.2, 0.25) is 5.91 Å². The molecule has 0 bridgehead atoms. The van der Waals surface area contributed by atoms with Crippen molar-refractivity contribution in [1.29, 1.82) is 0 Å². The number of rotatable bonds is 7. The van der Waals surface area contributed by atoms with E-state index < -0.39 is 17.7 Å². The van der Waals surface area contributed by atoms with Crippen LogP contribution in [0.1, 0.15) is 43.6 Å². The Morgan fingerprint density at radius 3 is 2.78 bits per heavy atom. The molecule has 0 aliphatic carbocycles. The lowest BCUT2D eigenvalue weighted by atomic mass is 10.0. The molecule has 0 aliphatic rings. The van der Waals surface area contributed by atoms with E-state index in [0.717, 1.165) is 11.9 Å². The minimum Gasteiger partial charge on any atom is -0.349 e. The van der Waals surface area contributed by atoms with Gasteiger partial charge in [-0.1, -0.05) is 13.0 Å². The highest BCUT2D eigenvalue weighted by Gasteiger charge is 2.16. The maximum absolute atomic E-state index is 13.8. The zero-order valence-electron chi connectivity index (χ0n) is 13.4. The minimum absolute atomic E-state index is 0.140. The maximum Gasteiger partial charge on any atom is 0.220 e. The summed E-state index contributed by atoms with van der Waals surface area (Å²) in [6.45, 7) is 4.47. The topological polar surface area (TPSA) is 46.9 Å². The predicted molar refractivity (Wildman–Crippen MR) is 83.7 cm³/mol. The van der Waals surface area contributed by atoms with Crippen molar-refractivity contribution in [2.24, 2.45) is 0 Å². The molecule has 0 fully saturated rings. The molecule has 2 aromatic rings. The first-order valence-electron chi connectivity index (χ1n) is 7.73. The molecule has 0 unspecified atom stereocenters. The average Bonchev–Trinajstić information content (AvgIpc) is 2.91. The van der Waals surface area contributed by atoms with Crippen LogP contribution in [0.3, 0.4) is 0 Å². The third kappa shape index (κ3) is 4.61. The van der Waals surface area contributed by atoms with Gasteiger partial charge in [0.1, 0.15) is 17.5 Å². The van der Waals surface area contributed by atoms with Crippen molar-refractivity contribution in [1.82, 2.24) is 14.9 Å². The van der Waals surface area contributed by atoms with Crippen LogP contribution in [-0.2, 0) is 11.3 Å². The molecule has 1 heterocycles. The van der Waals surface area contributed by atoms with Gasteiger partial charge in [-0.15, -0.1) is 0 Å². The molecule has 2 rings (SSSR count). The summed E-state index contributed by atoms with van der Waals surface area (Å²) in [7, 11) is 0. The number of amides is 1. The highest BCUT2D eigenvalue weighted by Crippen LogP contribution is 2.21.